The number of benzene rings is 1. The summed E-state index contributed by atoms with van der Waals surface area (Å²) < 4.78 is 27.2. The third-order valence-electron chi connectivity index (χ3n) is 2.97. The maximum atomic E-state index is 12.3. The molecule has 1 unspecified atom stereocenters. The lowest BCUT2D eigenvalue weighted by atomic mass is 10.2. The van der Waals surface area contributed by atoms with Crippen LogP contribution in [0.5, 0.6) is 0 Å². The Balaban J connectivity index is 3.11. The Bertz CT molecular complexity index is 603. The van der Waals surface area contributed by atoms with Crippen LogP contribution >= 0.6 is 0 Å². The molecular formula is C12H20N4O4S. The first-order valence-corrected chi connectivity index (χ1v) is 8.07. The van der Waals surface area contributed by atoms with Gasteiger partial charge in [0, 0.05) is 18.2 Å². The van der Waals surface area contributed by atoms with Crippen LogP contribution in [0.1, 0.15) is 33.1 Å². The summed E-state index contributed by atoms with van der Waals surface area (Å²) in [5, 5.41) is 10.8. The van der Waals surface area contributed by atoms with Crippen molar-refractivity contribution in [3.05, 3.63) is 28.3 Å². The maximum absolute atomic E-state index is 12.3. The van der Waals surface area contributed by atoms with Gasteiger partial charge in [-0.2, -0.15) is 0 Å². The molecule has 0 saturated carbocycles. The van der Waals surface area contributed by atoms with Crippen LogP contribution in [0.4, 0.5) is 11.4 Å². The molecule has 1 rings (SSSR count). The van der Waals surface area contributed by atoms with E-state index in [-0.39, 0.29) is 22.3 Å². The Hall–Kier alpha value is -1.71. The van der Waals surface area contributed by atoms with Gasteiger partial charge in [0.1, 0.15) is 4.90 Å². The second-order valence-electron chi connectivity index (χ2n) is 4.75. The number of nitro benzene ring substituents is 1. The normalized spacial score (nSPS) is 12.9. The summed E-state index contributed by atoms with van der Waals surface area (Å²) >= 11 is 0. The highest BCUT2D eigenvalue weighted by Crippen LogP contribution is 2.26. The summed E-state index contributed by atoms with van der Waals surface area (Å²) in [6.45, 7) is 3.76. The smallest absolute Gasteiger partial charge is 0.270 e. The standard InChI is InChI=1S/C12H20N4O4S/c1-3-4-5-9(2)15-21(19,20)12-8-10(16(17)18)6-7-11(12)14-13/h6-9,14-15H,3-5,13H2,1-2H3. The number of nitrogens with one attached hydrogen (secondary N) is 2. The number of non-ortho nitro benzene ring substituents is 1. The van der Waals surface area contributed by atoms with Crippen molar-refractivity contribution in [1.82, 2.24) is 4.72 Å². The summed E-state index contributed by atoms with van der Waals surface area (Å²) in [7, 11) is -3.89. The third kappa shape index (κ3) is 4.66. The van der Waals surface area contributed by atoms with Crippen molar-refractivity contribution in [2.24, 2.45) is 5.84 Å². The average Bonchev–Trinajstić information content (AvgIpc) is 2.43. The van der Waals surface area contributed by atoms with Gasteiger partial charge >= 0.3 is 0 Å². The van der Waals surface area contributed by atoms with Crippen LogP contribution < -0.4 is 16.0 Å². The number of hydrazine groups is 1. The molecule has 1 aromatic rings. The van der Waals surface area contributed by atoms with Crippen LogP contribution in [0.25, 0.3) is 0 Å². The highest BCUT2D eigenvalue weighted by atomic mass is 32.2. The van der Waals surface area contributed by atoms with E-state index >= 15 is 0 Å². The fourth-order valence-electron chi connectivity index (χ4n) is 1.86. The van der Waals surface area contributed by atoms with E-state index in [1.165, 1.54) is 12.1 Å². The largest absolute Gasteiger partial charge is 0.323 e. The number of hydrogen-bond donors (Lipinski definition) is 3. The average molecular weight is 316 g/mol. The number of rotatable bonds is 8. The minimum atomic E-state index is -3.89. The molecule has 21 heavy (non-hydrogen) atoms. The van der Waals surface area contributed by atoms with Gasteiger partial charge in [-0.1, -0.05) is 19.8 Å². The first-order chi connectivity index (χ1) is 9.81. The van der Waals surface area contributed by atoms with E-state index in [9.17, 15) is 18.5 Å². The van der Waals surface area contributed by atoms with Crippen LogP contribution in [0.2, 0.25) is 0 Å². The van der Waals surface area contributed by atoms with Gasteiger partial charge in [0.05, 0.1) is 10.6 Å². The Morgan fingerprint density at radius 1 is 1.43 bits per heavy atom. The highest BCUT2D eigenvalue weighted by Gasteiger charge is 2.23. The quantitative estimate of drug-likeness (QED) is 0.381. The fraction of sp³-hybridized carbons (Fsp3) is 0.500. The molecule has 0 aliphatic carbocycles. The van der Waals surface area contributed by atoms with Crippen LogP contribution in [-0.2, 0) is 10.0 Å². The van der Waals surface area contributed by atoms with Gasteiger partial charge in [-0.15, -0.1) is 0 Å². The molecule has 0 radical (unpaired) electrons. The molecule has 0 aliphatic rings. The van der Waals surface area contributed by atoms with Crippen molar-refractivity contribution < 1.29 is 13.3 Å². The van der Waals surface area contributed by atoms with Crippen LogP contribution in [0.15, 0.2) is 23.1 Å². The lowest BCUT2D eigenvalue weighted by molar-refractivity contribution is -0.385. The molecule has 1 aromatic carbocycles. The second-order valence-corrected chi connectivity index (χ2v) is 6.43. The minimum Gasteiger partial charge on any atom is -0.323 e. The molecule has 1 atom stereocenters. The Morgan fingerprint density at radius 2 is 2.10 bits per heavy atom. The summed E-state index contributed by atoms with van der Waals surface area (Å²) in [6.07, 6.45) is 2.54. The van der Waals surface area contributed by atoms with Crippen LogP contribution in [0.3, 0.4) is 0 Å². The Kier molecular flexibility index (Phi) is 6.06. The van der Waals surface area contributed by atoms with E-state index in [1.807, 2.05) is 6.92 Å². The molecule has 0 aliphatic heterocycles. The molecule has 0 aromatic heterocycles. The number of hydrogen-bond acceptors (Lipinski definition) is 6. The maximum Gasteiger partial charge on any atom is 0.270 e. The highest BCUT2D eigenvalue weighted by molar-refractivity contribution is 7.89. The molecule has 0 saturated heterocycles. The van der Waals surface area contributed by atoms with Gasteiger partial charge in [0.2, 0.25) is 10.0 Å². The lowest BCUT2D eigenvalue weighted by Crippen LogP contribution is -2.33. The SMILES string of the molecule is CCCCC(C)NS(=O)(=O)c1cc([N+](=O)[O-])ccc1NN. The van der Waals surface area contributed by atoms with E-state index in [4.69, 9.17) is 5.84 Å². The van der Waals surface area contributed by atoms with Gasteiger partial charge in [0.25, 0.3) is 5.69 Å². The zero-order valence-electron chi connectivity index (χ0n) is 12.0. The minimum absolute atomic E-state index is 0.107. The van der Waals surface area contributed by atoms with E-state index < -0.39 is 14.9 Å². The van der Waals surface area contributed by atoms with Crippen molar-refractivity contribution >= 4 is 21.4 Å². The van der Waals surface area contributed by atoms with Crippen LogP contribution in [-0.4, -0.2) is 19.4 Å². The lowest BCUT2D eigenvalue weighted by Gasteiger charge is -2.15. The molecule has 4 N–H and O–H groups in total. The van der Waals surface area contributed by atoms with E-state index in [1.54, 1.807) is 6.92 Å². The Labute approximate surface area is 123 Å². The number of sulfonamides is 1. The predicted octanol–water partition coefficient (Wildman–Crippen LogP) is 1.74. The van der Waals surface area contributed by atoms with Crippen molar-refractivity contribution in [3.8, 4) is 0 Å². The molecule has 0 amide bonds. The monoisotopic (exact) mass is 316 g/mol. The van der Waals surface area contributed by atoms with Crippen molar-refractivity contribution in [1.29, 1.82) is 0 Å². The van der Waals surface area contributed by atoms with E-state index in [0.717, 1.165) is 18.9 Å². The number of nitro groups is 1. The van der Waals surface area contributed by atoms with E-state index in [0.29, 0.717) is 6.42 Å². The Morgan fingerprint density at radius 3 is 2.62 bits per heavy atom. The van der Waals surface area contributed by atoms with Gasteiger partial charge in [-0.3, -0.25) is 16.0 Å². The van der Waals surface area contributed by atoms with Gasteiger partial charge in [-0.05, 0) is 19.4 Å². The molecule has 0 spiro atoms. The number of nitrogens with zero attached hydrogens (tertiary/aromatic N) is 1. The third-order valence-corrected chi connectivity index (χ3v) is 4.60. The summed E-state index contributed by atoms with van der Waals surface area (Å²) in [6, 6.07) is 3.18. The zero-order valence-corrected chi connectivity index (χ0v) is 12.8. The zero-order chi connectivity index (χ0) is 16.0. The molecule has 0 fully saturated rings. The molecule has 118 valence electrons. The number of nitrogen functional groups attached to an aromatic ring is 1. The van der Waals surface area contributed by atoms with Gasteiger partial charge in [0.15, 0.2) is 0 Å². The summed E-state index contributed by atoms with van der Waals surface area (Å²) in [5.41, 5.74) is 2.04. The van der Waals surface area contributed by atoms with Gasteiger partial charge < -0.3 is 5.43 Å². The first-order valence-electron chi connectivity index (χ1n) is 6.59. The van der Waals surface area contributed by atoms with E-state index in [2.05, 4.69) is 10.1 Å². The summed E-state index contributed by atoms with van der Waals surface area (Å²) in [5.74, 6) is 5.27. The van der Waals surface area contributed by atoms with Crippen molar-refractivity contribution in [2.45, 2.75) is 44.0 Å². The number of anilines is 1. The van der Waals surface area contributed by atoms with Crippen molar-refractivity contribution in [3.63, 3.8) is 0 Å². The second kappa shape index (κ2) is 7.34. The number of nitrogens with two attached hydrogens (primary N) is 1. The topological polar surface area (TPSA) is 127 Å². The molecule has 8 nitrogen and oxygen atoms in total. The molecular weight excluding hydrogens is 296 g/mol. The molecule has 0 bridgehead atoms. The van der Waals surface area contributed by atoms with Gasteiger partial charge in [-0.25, -0.2) is 13.1 Å². The predicted molar refractivity (Wildman–Crippen MR) is 80.2 cm³/mol. The molecule has 0 heterocycles. The first kappa shape index (κ1) is 17.3. The van der Waals surface area contributed by atoms with Crippen LogP contribution in [0, 0.1) is 10.1 Å². The summed E-state index contributed by atoms with van der Waals surface area (Å²) in [4.78, 5) is 9.90. The molecule has 9 heteroatoms. The van der Waals surface area contributed by atoms with Crippen molar-refractivity contribution in [2.75, 3.05) is 5.43 Å². The fourth-order valence-corrected chi connectivity index (χ4v) is 3.33. The number of unbranched alkanes of at least 4 members (excludes halogenated alkanes) is 1.